The molecule has 0 saturated carbocycles. The molecule has 1 aliphatic rings. The van der Waals surface area contributed by atoms with Gasteiger partial charge < -0.3 is 10.6 Å². The average molecular weight is 242 g/mol. The van der Waals surface area contributed by atoms with Crippen molar-refractivity contribution in [2.24, 2.45) is 5.73 Å². The first-order valence-corrected chi connectivity index (χ1v) is 5.56. The van der Waals surface area contributed by atoms with Crippen LogP contribution in [0.15, 0.2) is 0 Å². The third-order valence-electron chi connectivity index (χ3n) is 2.74. The Morgan fingerprint density at radius 1 is 1.18 bits per heavy atom. The van der Waals surface area contributed by atoms with Crippen LogP contribution in [-0.2, 0) is 9.59 Å². The smallest absolute Gasteiger partial charge is 0.318 e. The van der Waals surface area contributed by atoms with Crippen LogP contribution in [0.5, 0.6) is 0 Å². The van der Waals surface area contributed by atoms with E-state index in [0.717, 1.165) is 13.1 Å². The van der Waals surface area contributed by atoms with Crippen LogP contribution < -0.4 is 11.1 Å². The van der Waals surface area contributed by atoms with Gasteiger partial charge in [0.15, 0.2) is 0 Å². The topological polar surface area (TPSA) is 95.7 Å². The lowest BCUT2D eigenvalue weighted by Gasteiger charge is -2.33. The molecule has 4 amide bonds. The minimum atomic E-state index is -0.823. The molecule has 0 aliphatic carbocycles. The number of rotatable bonds is 3. The number of nitrogens with zero attached hydrogens (tertiary/aromatic N) is 2. The summed E-state index contributed by atoms with van der Waals surface area (Å²) in [5.74, 6) is -0.289. The lowest BCUT2D eigenvalue weighted by atomic mass is 10.3. The zero-order valence-electron chi connectivity index (χ0n) is 9.94. The summed E-state index contributed by atoms with van der Waals surface area (Å²) in [4.78, 5) is 36.5. The Hall–Kier alpha value is -1.63. The second kappa shape index (κ2) is 6.19. The highest BCUT2D eigenvalue weighted by molar-refractivity contribution is 5.93. The zero-order chi connectivity index (χ0) is 12.8. The number of imide groups is 1. The molecule has 17 heavy (non-hydrogen) atoms. The van der Waals surface area contributed by atoms with Crippen molar-refractivity contribution in [3.8, 4) is 0 Å². The predicted molar refractivity (Wildman–Crippen MR) is 61.0 cm³/mol. The summed E-state index contributed by atoms with van der Waals surface area (Å²) in [5.41, 5.74) is 4.82. The summed E-state index contributed by atoms with van der Waals surface area (Å²) in [6.07, 6.45) is 0.239. The molecule has 0 bridgehead atoms. The first-order valence-electron chi connectivity index (χ1n) is 5.56. The van der Waals surface area contributed by atoms with Gasteiger partial charge in [0.1, 0.15) is 0 Å². The Kier molecular flexibility index (Phi) is 4.89. The van der Waals surface area contributed by atoms with Crippen molar-refractivity contribution in [2.75, 3.05) is 32.7 Å². The molecule has 1 saturated heterocycles. The molecule has 1 fully saturated rings. The standard InChI is InChI=1S/C10H18N4O3/c1-8(15)14-6-4-13(5-7-14)3-2-9(16)12-10(11)17/h2-7H2,1H3,(H3,11,12,16,17). The van der Waals surface area contributed by atoms with Crippen molar-refractivity contribution in [1.29, 1.82) is 0 Å². The summed E-state index contributed by atoms with van der Waals surface area (Å²) in [5, 5.41) is 2.02. The molecule has 3 N–H and O–H groups in total. The number of carbonyl (C=O) groups is 3. The summed E-state index contributed by atoms with van der Waals surface area (Å²) in [7, 11) is 0. The van der Waals surface area contributed by atoms with Crippen molar-refractivity contribution in [3.63, 3.8) is 0 Å². The van der Waals surface area contributed by atoms with Crippen LogP contribution in [0.1, 0.15) is 13.3 Å². The molecule has 96 valence electrons. The maximum absolute atomic E-state index is 11.2. The number of nitrogens with one attached hydrogen (secondary N) is 1. The molecule has 1 aliphatic heterocycles. The van der Waals surface area contributed by atoms with Gasteiger partial charge in [-0.05, 0) is 0 Å². The Balaban J connectivity index is 2.20. The molecule has 7 heteroatoms. The summed E-state index contributed by atoms with van der Waals surface area (Å²) < 4.78 is 0. The Labute approximate surface area is 99.9 Å². The molecule has 0 aromatic heterocycles. The van der Waals surface area contributed by atoms with Crippen molar-refractivity contribution < 1.29 is 14.4 Å². The maximum Gasteiger partial charge on any atom is 0.318 e. The number of primary amides is 1. The van der Waals surface area contributed by atoms with Crippen LogP contribution in [0.2, 0.25) is 0 Å². The van der Waals surface area contributed by atoms with Gasteiger partial charge in [-0.3, -0.25) is 19.8 Å². The van der Waals surface area contributed by atoms with Crippen LogP contribution in [0.25, 0.3) is 0 Å². The molecule has 0 unspecified atom stereocenters. The first-order chi connectivity index (χ1) is 7.99. The van der Waals surface area contributed by atoms with Crippen molar-refractivity contribution >= 4 is 17.8 Å². The maximum atomic E-state index is 11.2. The number of hydrogen-bond donors (Lipinski definition) is 2. The number of urea groups is 1. The minimum absolute atomic E-state index is 0.0797. The molecular weight excluding hydrogens is 224 g/mol. The number of carbonyl (C=O) groups excluding carboxylic acids is 3. The Morgan fingerprint density at radius 2 is 1.76 bits per heavy atom. The molecule has 0 atom stereocenters. The van der Waals surface area contributed by atoms with E-state index < -0.39 is 6.03 Å². The van der Waals surface area contributed by atoms with Gasteiger partial charge in [0.2, 0.25) is 11.8 Å². The molecule has 0 aromatic rings. The minimum Gasteiger partial charge on any atom is -0.351 e. The molecule has 1 rings (SSSR count). The number of nitrogens with two attached hydrogens (primary N) is 1. The molecule has 1 heterocycles. The van der Waals surface area contributed by atoms with Crippen molar-refractivity contribution in [3.05, 3.63) is 0 Å². The van der Waals surface area contributed by atoms with Gasteiger partial charge in [-0.2, -0.15) is 0 Å². The van der Waals surface area contributed by atoms with E-state index in [2.05, 4.69) is 4.90 Å². The number of amides is 4. The molecule has 0 spiro atoms. The monoisotopic (exact) mass is 242 g/mol. The fourth-order valence-corrected chi connectivity index (χ4v) is 1.75. The predicted octanol–water partition coefficient (Wildman–Crippen LogP) is -1.26. The zero-order valence-corrected chi connectivity index (χ0v) is 9.94. The summed E-state index contributed by atoms with van der Waals surface area (Å²) in [6, 6.07) is -0.823. The molecule has 0 radical (unpaired) electrons. The summed E-state index contributed by atoms with van der Waals surface area (Å²) in [6.45, 7) is 5.01. The average Bonchev–Trinajstić information content (AvgIpc) is 2.26. The third kappa shape index (κ3) is 4.81. The van der Waals surface area contributed by atoms with Crippen molar-refractivity contribution in [1.82, 2.24) is 15.1 Å². The molecule has 7 nitrogen and oxygen atoms in total. The van der Waals surface area contributed by atoms with Gasteiger partial charge >= 0.3 is 6.03 Å². The number of piperazine rings is 1. The molecular formula is C10H18N4O3. The SMILES string of the molecule is CC(=O)N1CCN(CCC(=O)NC(N)=O)CC1. The second-order valence-corrected chi connectivity index (χ2v) is 4.01. The fraction of sp³-hybridized carbons (Fsp3) is 0.700. The van der Waals surface area contributed by atoms with Gasteiger partial charge in [-0.25, -0.2) is 4.79 Å². The van der Waals surface area contributed by atoms with E-state index in [1.807, 2.05) is 5.32 Å². The van der Waals surface area contributed by atoms with Gasteiger partial charge in [0.05, 0.1) is 0 Å². The Bertz CT molecular complexity index is 311. The van der Waals surface area contributed by atoms with Crippen LogP contribution >= 0.6 is 0 Å². The van der Waals surface area contributed by atoms with E-state index in [9.17, 15) is 14.4 Å². The Morgan fingerprint density at radius 3 is 2.24 bits per heavy atom. The first kappa shape index (κ1) is 13.4. The van der Waals surface area contributed by atoms with E-state index in [1.54, 1.807) is 11.8 Å². The highest BCUT2D eigenvalue weighted by Crippen LogP contribution is 2.02. The number of hydrogen-bond acceptors (Lipinski definition) is 4. The largest absolute Gasteiger partial charge is 0.351 e. The quantitative estimate of drug-likeness (QED) is 0.645. The van der Waals surface area contributed by atoms with E-state index in [0.29, 0.717) is 19.6 Å². The lowest BCUT2D eigenvalue weighted by Crippen LogP contribution is -2.48. The van der Waals surface area contributed by atoms with Gasteiger partial charge in [-0.1, -0.05) is 0 Å². The van der Waals surface area contributed by atoms with E-state index >= 15 is 0 Å². The van der Waals surface area contributed by atoms with Gasteiger partial charge in [0.25, 0.3) is 0 Å². The third-order valence-corrected chi connectivity index (χ3v) is 2.74. The lowest BCUT2D eigenvalue weighted by molar-refractivity contribution is -0.131. The highest BCUT2D eigenvalue weighted by atomic mass is 16.2. The summed E-state index contributed by atoms with van der Waals surface area (Å²) >= 11 is 0. The van der Waals surface area contributed by atoms with Gasteiger partial charge in [0, 0.05) is 46.1 Å². The fourth-order valence-electron chi connectivity index (χ4n) is 1.75. The van der Waals surface area contributed by atoms with Crippen LogP contribution in [0.3, 0.4) is 0 Å². The van der Waals surface area contributed by atoms with Crippen LogP contribution in [-0.4, -0.2) is 60.4 Å². The van der Waals surface area contributed by atoms with E-state index in [4.69, 9.17) is 5.73 Å². The van der Waals surface area contributed by atoms with Crippen LogP contribution in [0.4, 0.5) is 4.79 Å². The normalized spacial score (nSPS) is 16.6. The second-order valence-electron chi connectivity index (χ2n) is 4.01. The van der Waals surface area contributed by atoms with Crippen molar-refractivity contribution in [2.45, 2.75) is 13.3 Å². The van der Waals surface area contributed by atoms with Gasteiger partial charge in [-0.15, -0.1) is 0 Å². The van der Waals surface area contributed by atoms with Crippen LogP contribution in [0, 0.1) is 0 Å². The van der Waals surface area contributed by atoms with E-state index in [1.165, 1.54) is 0 Å². The highest BCUT2D eigenvalue weighted by Gasteiger charge is 2.18. The molecule has 0 aromatic carbocycles. The van der Waals surface area contributed by atoms with E-state index in [-0.39, 0.29) is 18.2 Å².